The Morgan fingerprint density at radius 1 is 0.821 bits per heavy atom. The number of carbonyl (C=O) groups is 2. The van der Waals surface area contributed by atoms with E-state index in [0.29, 0.717) is 18.7 Å². The summed E-state index contributed by atoms with van der Waals surface area (Å²) in [5.41, 5.74) is 0.542. The smallest absolute Gasteiger partial charge is 0.246 e. The van der Waals surface area contributed by atoms with Crippen molar-refractivity contribution in [3.8, 4) is 0 Å². The third-order valence-electron chi connectivity index (χ3n) is 5.92. The summed E-state index contributed by atoms with van der Waals surface area (Å²) in [5, 5.41) is 0. The zero-order chi connectivity index (χ0) is 19.7. The van der Waals surface area contributed by atoms with E-state index in [4.69, 9.17) is 0 Å². The number of sulfonamides is 1. The highest BCUT2D eigenvalue weighted by atomic mass is 32.2. The maximum Gasteiger partial charge on any atom is 0.246 e. The molecule has 0 amide bonds. The highest BCUT2D eigenvalue weighted by molar-refractivity contribution is 7.94. The number of ketones is 2. The van der Waals surface area contributed by atoms with Crippen LogP contribution in [0.15, 0.2) is 34.9 Å². The van der Waals surface area contributed by atoms with E-state index in [1.54, 1.807) is 24.3 Å². The lowest BCUT2D eigenvalue weighted by Gasteiger charge is -2.30. The van der Waals surface area contributed by atoms with Gasteiger partial charge in [0.25, 0.3) is 0 Å². The van der Waals surface area contributed by atoms with Crippen LogP contribution in [0, 0.1) is 0 Å². The first-order valence-electron chi connectivity index (χ1n) is 10.2. The first kappa shape index (κ1) is 19.3. The molecule has 2 fully saturated rings. The van der Waals surface area contributed by atoms with Gasteiger partial charge < -0.3 is 4.90 Å². The highest BCUT2D eigenvalue weighted by Crippen LogP contribution is 2.33. The van der Waals surface area contributed by atoms with Crippen LogP contribution in [-0.4, -0.2) is 44.0 Å². The van der Waals surface area contributed by atoms with Gasteiger partial charge in [0.05, 0.1) is 0 Å². The Balaban J connectivity index is 1.83. The summed E-state index contributed by atoms with van der Waals surface area (Å²) in [7, 11) is -4.08. The average molecular weight is 403 g/mol. The van der Waals surface area contributed by atoms with Gasteiger partial charge in [-0.2, -0.15) is 0 Å². The molecule has 1 aromatic rings. The molecule has 28 heavy (non-hydrogen) atoms. The Morgan fingerprint density at radius 2 is 1.39 bits per heavy atom. The fraction of sp³-hybridized carbons (Fsp3) is 0.524. The maximum atomic E-state index is 13.3. The lowest BCUT2D eigenvalue weighted by molar-refractivity contribution is 0.0947. The van der Waals surface area contributed by atoms with Crippen molar-refractivity contribution in [1.29, 1.82) is 0 Å². The van der Waals surface area contributed by atoms with E-state index in [1.807, 2.05) is 4.90 Å². The number of benzene rings is 1. The molecule has 7 heteroatoms. The SMILES string of the molecule is O=C1C(N2CCCCCC2)=C(S(=O)(=O)NC2CCCC2)C(=O)c2ccccc21. The molecule has 150 valence electrons. The molecule has 1 saturated heterocycles. The van der Waals surface area contributed by atoms with Crippen molar-refractivity contribution in [3.05, 3.63) is 46.0 Å². The van der Waals surface area contributed by atoms with Crippen molar-refractivity contribution in [1.82, 2.24) is 9.62 Å². The summed E-state index contributed by atoms with van der Waals surface area (Å²) >= 11 is 0. The molecule has 2 aliphatic carbocycles. The zero-order valence-electron chi connectivity index (χ0n) is 15.9. The van der Waals surface area contributed by atoms with Gasteiger partial charge in [0.15, 0.2) is 4.91 Å². The van der Waals surface area contributed by atoms with Crippen LogP contribution in [0.3, 0.4) is 0 Å². The van der Waals surface area contributed by atoms with Crippen LogP contribution in [0.1, 0.15) is 72.1 Å². The molecule has 3 aliphatic rings. The van der Waals surface area contributed by atoms with E-state index >= 15 is 0 Å². The number of fused-ring (bicyclic) bond motifs is 1. The first-order chi connectivity index (χ1) is 13.5. The summed E-state index contributed by atoms with van der Waals surface area (Å²) in [4.78, 5) is 28.1. The van der Waals surface area contributed by atoms with Crippen LogP contribution >= 0.6 is 0 Å². The van der Waals surface area contributed by atoms with Crippen LogP contribution in [0.4, 0.5) is 0 Å². The van der Waals surface area contributed by atoms with Crippen LogP contribution in [0.5, 0.6) is 0 Å². The predicted octanol–water partition coefficient (Wildman–Crippen LogP) is 3.02. The van der Waals surface area contributed by atoms with Crippen LogP contribution in [-0.2, 0) is 10.0 Å². The maximum absolute atomic E-state index is 13.3. The number of hydrogen-bond donors (Lipinski definition) is 1. The Bertz CT molecular complexity index is 921. The second kappa shape index (κ2) is 7.79. The monoisotopic (exact) mass is 402 g/mol. The second-order valence-corrected chi connectivity index (χ2v) is 9.54. The molecule has 6 nitrogen and oxygen atoms in total. The number of allylic oxidation sites excluding steroid dienone is 2. The van der Waals surface area contributed by atoms with Crippen molar-refractivity contribution >= 4 is 21.6 Å². The van der Waals surface area contributed by atoms with E-state index in [1.165, 1.54) is 0 Å². The third kappa shape index (κ3) is 3.53. The van der Waals surface area contributed by atoms with E-state index in [9.17, 15) is 18.0 Å². The number of rotatable bonds is 4. The van der Waals surface area contributed by atoms with Crippen LogP contribution < -0.4 is 4.72 Å². The molecular formula is C21H26N2O4S. The van der Waals surface area contributed by atoms with Gasteiger partial charge in [-0.15, -0.1) is 0 Å². The molecule has 1 aliphatic heterocycles. The summed E-state index contributed by atoms with van der Waals surface area (Å²) < 4.78 is 29.3. The molecule has 1 saturated carbocycles. The Kier molecular flexibility index (Phi) is 5.38. The van der Waals surface area contributed by atoms with E-state index in [0.717, 1.165) is 51.4 Å². The molecule has 0 radical (unpaired) electrons. The van der Waals surface area contributed by atoms with E-state index in [2.05, 4.69) is 4.72 Å². The highest BCUT2D eigenvalue weighted by Gasteiger charge is 2.42. The van der Waals surface area contributed by atoms with E-state index < -0.39 is 15.8 Å². The lowest BCUT2D eigenvalue weighted by Crippen LogP contribution is -2.42. The number of hydrogen-bond acceptors (Lipinski definition) is 5. The molecule has 0 unspecified atom stereocenters. The van der Waals surface area contributed by atoms with Gasteiger partial charge in [0.1, 0.15) is 5.70 Å². The van der Waals surface area contributed by atoms with Gasteiger partial charge in [-0.3, -0.25) is 9.59 Å². The molecule has 1 N–H and O–H groups in total. The van der Waals surface area contributed by atoms with Gasteiger partial charge in [-0.1, -0.05) is 49.9 Å². The minimum Gasteiger partial charge on any atom is -0.367 e. The van der Waals surface area contributed by atoms with Crippen molar-refractivity contribution in [2.75, 3.05) is 13.1 Å². The third-order valence-corrected chi connectivity index (χ3v) is 7.48. The van der Waals surface area contributed by atoms with Gasteiger partial charge in [-0.05, 0) is 25.7 Å². The molecule has 0 atom stereocenters. The molecule has 0 bridgehead atoms. The minimum absolute atomic E-state index is 0.0658. The number of nitrogens with zero attached hydrogens (tertiary/aromatic N) is 1. The number of Topliss-reactive ketones (excluding diaryl/α,β-unsaturated/α-hetero) is 2. The Labute approximate surface area is 166 Å². The number of carbonyl (C=O) groups excluding carboxylic acids is 2. The van der Waals surface area contributed by atoms with Crippen molar-refractivity contribution in [3.63, 3.8) is 0 Å². The second-order valence-electron chi connectivity index (χ2n) is 7.89. The molecule has 0 aromatic heterocycles. The average Bonchev–Trinajstić information content (AvgIpc) is 3.03. The van der Waals surface area contributed by atoms with Crippen LogP contribution in [0.25, 0.3) is 0 Å². The van der Waals surface area contributed by atoms with Crippen molar-refractivity contribution in [2.45, 2.75) is 57.4 Å². The largest absolute Gasteiger partial charge is 0.367 e. The fourth-order valence-electron chi connectivity index (χ4n) is 4.49. The number of nitrogens with one attached hydrogen (secondary N) is 1. The summed E-state index contributed by atoms with van der Waals surface area (Å²) in [5.74, 6) is -0.927. The fourth-order valence-corrected chi connectivity index (χ4v) is 6.12. The lowest BCUT2D eigenvalue weighted by atomic mass is 9.91. The zero-order valence-corrected chi connectivity index (χ0v) is 16.8. The first-order valence-corrected chi connectivity index (χ1v) is 11.7. The van der Waals surface area contributed by atoms with Crippen LogP contribution in [0.2, 0.25) is 0 Å². The molecule has 4 rings (SSSR count). The molecular weight excluding hydrogens is 376 g/mol. The standard InChI is InChI=1S/C21H26N2O4S/c24-19-16-11-5-6-12-17(16)20(25)21(18(19)23-13-7-1-2-8-14-23)28(26,27)22-15-9-3-4-10-15/h5-6,11-12,15,22H,1-4,7-10,13-14H2. The summed E-state index contributed by atoms with van der Waals surface area (Å²) in [6, 6.07) is 6.36. The summed E-state index contributed by atoms with van der Waals surface area (Å²) in [6.45, 7) is 1.19. The van der Waals surface area contributed by atoms with Crippen molar-refractivity contribution < 1.29 is 18.0 Å². The summed E-state index contributed by atoms with van der Waals surface area (Å²) in [6.07, 6.45) is 7.35. The Hall–Kier alpha value is -1.99. The quantitative estimate of drug-likeness (QED) is 0.837. The normalized spacial score (nSPS) is 21.8. The molecule has 1 heterocycles. The van der Waals surface area contributed by atoms with Gasteiger partial charge in [0.2, 0.25) is 21.6 Å². The minimum atomic E-state index is -4.08. The Morgan fingerprint density at radius 3 is 2.00 bits per heavy atom. The molecule has 0 spiro atoms. The van der Waals surface area contributed by atoms with Gasteiger partial charge in [-0.25, -0.2) is 13.1 Å². The molecule has 1 aromatic carbocycles. The predicted molar refractivity (Wildman–Crippen MR) is 106 cm³/mol. The van der Waals surface area contributed by atoms with Crippen molar-refractivity contribution in [2.24, 2.45) is 0 Å². The van der Waals surface area contributed by atoms with E-state index in [-0.39, 0.29) is 28.0 Å². The van der Waals surface area contributed by atoms with Gasteiger partial charge in [0, 0.05) is 30.3 Å². The topological polar surface area (TPSA) is 83.6 Å². The number of likely N-dealkylation sites (tertiary alicyclic amines) is 1. The van der Waals surface area contributed by atoms with Gasteiger partial charge >= 0.3 is 0 Å².